The first-order valence-corrected chi connectivity index (χ1v) is 6.41. The third-order valence-corrected chi connectivity index (χ3v) is 2.66. The van der Waals surface area contributed by atoms with Crippen molar-refractivity contribution in [3.05, 3.63) is 24.0 Å². The zero-order chi connectivity index (χ0) is 15.1. The minimum atomic E-state index is -1.04. The molecule has 7 nitrogen and oxygen atoms in total. The monoisotopic (exact) mass is 281 g/mol. The number of carbonyl (C=O) groups excluding carboxylic acids is 2. The number of nitrogens with one attached hydrogen (secondary N) is 2. The van der Waals surface area contributed by atoms with Crippen LogP contribution < -0.4 is 10.6 Å². The van der Waals surface area contributed by atoms with Gasteiger partial charge >= 0.3 is 5.97 Å². The van der Waals surface area contributed by atoms with Crippen molar-refractivity contribution in [2.75, 3.05) is 6.54 Å². The van der Waals surface area contributed by atoms with Crippen LogP contribution in [0.5, 0.6) is 0 Å². The molecule has 1 rings (SSSR count). The first kappa shape index (κ1) is 15.7. The summed E-state index contributed by atoms with van der Waals surface area (Å²) >= 11 is 0. The van der Waals surface area contributed by atoms with Crippen molar-refractivity contribution in [3.8, 4) is 0 Å². The molecule has 20 heavy (non-hydrogen) atoms. The first-order chi connectivity index (χ1) is 9.45. The smallest absolute Gasteiger partial charge is 0.323 e. The van der Waals surface area contributed by atoms with Gasteiger partial charge in [0.2, 0.25) is 5.91 Å². The zero-order valence-electron chi connectivity index (χ0n) is 11.5. The molecule has 3 N–H and O–H groups in total. The van der Waals surface area contributed by atoms with E-state index >= 15 is 0 Å². The Kier molecular flexibility index (Phi) is 5.76. The lowest BCUT2D eigenvalue weighted by Crippen LogP contribution is -2.45. The molecule has 0 aliphatic rings. The van der Waals surface area contributed by atoms with Crippen LogP contribution in [-0.4, -0.2) is 40.0 Å². The van der Waals surface area contributed by atoms with E-state index in [0.717, 1.165) is 6.42 Å². The Morgan fingerprint density at radius 2 is 2.10 bits per heavy atom. The maximum absolute atomic E-state index is 12.0. The number of carbonyl (C=O) groups is 3. The van der Waals surface area contributed by atoms with Crippen molar-refractivity contribution in [3.63, 3.8) is 0 Å². The Hall–Kier alpha value is -2.31. The summed E-state index contributed by atoms with van der Waals surface area (Å²) in [6.45, 7) is 3.76. The molecule has 0 saturated carbocycles. The highest BCUT2D eigenvalue weighted by molar-refractivity contribution is 5.96. The molecule has 1 atom stereocenters. The molecular formula is C13H19N3O4. The van der Waals surface area contributed by atoms with Gasteiger partial charge in [-0.05, 0) is 25.5 Å². The molecule has 0 fully saturated rings. The van der Waals surface area contributed by atoms with E-state index in [1.165, 1.54) is 16.8 Å². The van der Waals surface area contributed by atoms with Gasteiger partial charge in [-0.15, -0.1) is 0 Å². The molecule has 2 amide bonds. The molecule has 1 heterocycles. The van der Waals surface area contributed by atoms with E-state index in [0.29, 0.717) is 6.54 Å². The van der Waals surface area contributed by atoms with Crippen molar-refractivity contribution in [2.45, 2.75) is 32.9 Å². The van der Waals surface area contributed by atoms with Crippen LogP contribution in [-0.2, 0) is 16.1 Å². The molecule has 7 heteroatoms. The Bertz CT molecular complexity index is 496. The van der Waals surface area contributed by atoms with Crippen LogP contribution in [0.2, 0.25) is 0 Å². The summed E-state index contributed by atoms with van der Waals surface area (Å²) in [5.41, 5.74) is 0.211. The van der Waals surface area contributed by atoms with Crippen LogP contribution in [0.1, 0.15) is 30.8 Å². The SMILES string of the molecule is CCCNC(=O)C(C)NC(=O)c1cccn1CC(=O)O. The Morgan fingerprint density at radius 1 is 1.40 bits per heavy atom. The van der Waals surface area contributed by atoms with E-state index in [1.807, 2.05) is 6.92 Å². The number of aliphatic carboxylic acids is 1. The van der Waals surface area contributed by atoms with E-state index in [9.17, 15) is 14.4 Å². The lowest BCUT2D eigenvalue weighted by atomic mass is 10.3. The van der Waals surface area contributed by atoms with E-state index in [4.69, 9.17) is 5.11 Å². The molecule has 0 aliphatic heterocycles. The van der Waals surface area contributed by atoms with Crippen molar-refractivity contribution >= 4 is 17.8 Å². The highest BCUT2D eigenvalue weighted by Crippen LogP contribution is 2.03. The summed E-state index contributed by atoms with van der Waals surface area (Å²) in [7, 11) is 0. The lowest BCUT2D eigenvalue weighted by Gasteiger charge is -2.14. The molecular weight excluding hydrogens is 262 g/mol. The van der Waals surface area contributed by atoms with Gasteiger partial charge < -0.3 is 20.3 Å². The number of aromatic nitrogens is 1. The van der Waals surface area contributed by atoms with Crippen LogP contribution in [0.15, 0.2) is 18.3 Å². The Labute approximate surface area is 117 Å². The molecule has 1 aromatic heterocycles. The summed E-state index contributed by atoms with van der Waals surface area (Å²) in [6.07, 6.45) is 2.32. The maximum Gasteiger partial charge on any atom is 0.323 e. The van der Waals surface area contributed by atoms with Gasteiger partial charge in [0, 0.05) is 12.7 Å². The van der Waals surface area contributed by atoms with Crippen molar-refractivity contribution in [2.24, 2.45) is 0 Å². The largest absolute Gasteiger partial charge is 0.480 e. The molecule has 110 valence electrons. The minimum Gasteiger partial charge on any atom is -0.480 e. The van der Waals surface area contributed by atoms with Crippen LogP contribution in [0.3, 0.4) is 0 Å². The predicted octanol–water partition coefficient (Wildman–Crippen LogP) is 0.217. The summed E-state index contributed by atoms with van der Waals surface area (Å²) < 4.78 is 1.31. The van der Waals surface area contributed by atoms with Gasteiger partial charge in [-0.3, -0.25) is 14.4 Å². The van der Waals surface area contributed by atoms with Gasteiger partial charge in [-0.2, -0.15) is 0 Å². The predicted molar refractivity (Wildman–Crippen MR) is 72.3 cm³/mol. The highest BCUT2D eigenvalue weighted by Gasteiger charge is 2.18. The lowest BCUT2D eigenvalue weighted by molar-refractivity contribution is -0.137. The molecule has 1 aromatic rings. The molecule has 0 radical (unpaired) electrons. The quantitative estimate of drug-likeness (QED) is 0.665. The first-order valence-electron chi connectivity index (χ1n) is 6.41. The van der Waals surface area contributed by atoms with Crippen molar-refractivity contribution in [1.82, 2.24) is 15.2 Å². The van der Waals surface area contributed by atoms with Crippen LogP contribution in [0, 0.1) is 0 Å². The molecule has 0 aromatic carbocycles. The number of amides is 2. The summed E-state index contributed by atoms with van der Waals surface area (Å²) in [6, 6.07) is 2.41. The third-order valence-electron chi connectivity index (χ3n) is 2.66. The maximum atomic E-state index is 12.0. The number of hydrogen-bond donors (Lipinski definition) is 3. The van der Waals surface area contributed by atoms with Gasteiger partial charge in [0.1, 0.15) is 18.3 Å². The Morgan fingerprint density at radius 3 is 2.70 bits per heavy atom. The van der Waals surface area contributed by atoms with E-state index in [-0.39, 0.29) is 18.1 Å². The number of nitrogens with zero attached hydrogens (tertiary/aromatic N) is 1. The number of carboxylic acid groups (broad SMARTS) is 1. The standard InChI is InChI=1S/C13H19N3O4/c1-3-6-14-12(19)9(2)15-13(20)10-5-4-7-16(10)8-11(17)18/h4-5,7,9H,3,6,8H2,1-2H3,(H,14,19)(H,15,20)(H,17,18). The fourth-order valence-electron chi connectivity index (χ4n) is 1.64. The van der Waals surface area contributed by atoms with Gasteiger partial charge in [-0.1, -0.05) is 6.92 Å². The van der Waals surface area contributed by atoms with E-state index in [2.05, 4.69) is 10.6 Å². The number of rotatable bonds is 7. The second kappa shape index (κ2) is 7.32. The van der Waals surface area contributed by atoms with Crippen LogP contribution in [0.25, 0.3) is 0 Å². The minimum absolute atomic E-state index is 0.211. The van der Waals surface area contributed by atoms with Crippen molar-refractivity contribution < 1.29 is 19.5 Å². The fourth-order valence-corrected chi connectivity index (χ4v) is 1.64. The van der Waals surface area contributed by atoms with Crippen LogP contribution in [0.4, 0.5) is 0 Å². The third kappa shape index (κ3) is 4.42. The molecule has 0 aliphatic carbocycles. The zero-order valence-corrected chi connectivity index (χ0v) is 11.5. The second-order valence-electron chi connectivity index (χ2n) is 4.40. The highest BCUT2D eigenvalue weighted by atomic mass is 16.4. The average molecular weight is 281 g/mol. The van der Waals surface area contributed by atoms with E-state index in [1.54, 1.807) is 13.0 Å². The molecule has 0 saturated heterocycles. The fraction of sp³-hybridized carbons (Fsp3) is 0.462. The Balaban J connectivity index is 2.64. The number of carboxylic acids is 1. The average Bonchev–Trinajstić information content (AvgIpc) is 2.82. The summed E-state index contributed by atoms with van der Waals surface area (Å²) in [5, 5.41) is 14.0. The second-order valence-corrected chi connectivity index (χ2v) is 4.40. The van der Waals surface area contributed by atoms with Gasteiger partial charge in [0.05, 0.1) is 0 Å². The molecule has 1 unspecified atom stereocenters. The van der Waals surface area contributed by atoms with Gasteiger partial charge in [0.15, 0.2) is 0 Å². The molecule has 0 spiro atoms. The van der Waals surface area contributed by atoms with Gasteiger partial charge in [0.25, 0.3) is 5.91 Å². The number of hydrogen-bond acceptors (Lipinski definition) is 3. The topological polar surface area (TPSA) is 100 Å². The van der Waals surface area contributed by atoms with Crippen LogP contribution >= 0.6 is 0 Å². The molecule has 0 bridgehead atoms. The van der Waals surface area contributed by atoms with E-state index < -0.39 is 17.9 Å². The van der Waals surface area contributed by atoms with Crippen molar-refractivity contribution in [1.29, 1.82) is 0 Å². The summed E-state index contributed by atoms with van der Waals surface area (Å²) in [5.74, 6) is -1.78. The van der Waals surface area contributed by atoms with Gasteiger partial charge in [-0.25, -0.2) is 0 Å². The normalized spacial score (nSPS) is 11.7. The summed E-state index contributed by atoms with van der Waals surface area (Å²) in [4.78, 5) is 34.3.